The number of nitrogens with one attached hydrogen (secondary N) is 1. The van der Waals surface area contributed by atoms with Crippen LogP contribution in [-0.2, 0) is 11.2 Å². The lowest BCUT2D eigenvalue weighted by atomic mass is 10.0. The van der Waals surface area contributed by atoms with Crippen molar-refractivity contribution in [3.05, 3.63) is 90.5 Å². The van der Waals surface area contributed by atoms with E-state index in [1.54, 1.807) is 0 Å². The minimum atomic E-state index is -0.452. The van der Waals surface area contributed by atoms with Crippen LogP contribution in [0.15, 0.2) is 89.9 Å². The summed E-state index contributed by atoms with van der Waals surface area (Å²) < 4.78 is 0. The predicted molar refractivity (Wildman–Crippen MR) is 148 cm³/mol. The molecule has 190 valence electrons. The monoisotopic (exact) mass is 494 g/mol. The normalized spacial score (nSPS) is 14.6. The molecule has 7 heteroatoms. The van der Waals surface area contributed by atoms with Crippen molar-refractivity contribution in [1.29, 1.82) is 5.26 Å². The van der Waals surface area contributed by atoms with Crippen LogP contribution in [0, 0.1) is 11.5 Å². The summed E-state index contributed by atoms with van der Waals surface area (Å²) >= 11 is 0. The van der Waals surface area contributed by atoms with Gasteiger partial charge in [-0.05, 0) is 61.2 Å². The molecule has 0 saturated carbocycles. The number of likely N-dealkylation sites (tertiary alicyclic amines) is 1. The van der Waals surface area contributed by atoms with E-state index in [-0.39, 0.29) is 18.3 Å². The van der Waals surface area contributed by atoms with Crippen LogP contribution in [0.4, 0.5) is 5.69 Å². The number of carbonyl (C=O) groups is 1. The van der Waals surface area contributed by atoms with Gasteiger partial charge in [-0.3, -0.25) is 4.79 Å². The van der Waals surface area contributed by atoms with E-state index in [9.17, 15) is 10.1 Å². The Kier molecular flexibility index (Phi) is 9.28. The maximum Gasteiger partial charge on any atom is 0.222 e. The van der Waals surface area contributed by atoms with Crippen molar-refractivity contribution in [2.75, 3.05) is 26.2 Å². The average Bonchev–Trinajstić information content (AvgIpc) is 3.44. The first kappa shape index (κ1) is 25.9. The Morgan fingerprint density at radius 2 is 1.59 bits per heavy atom. The minimum absolute atomic E-state index is 0.0701. The zero-order chi connectivity index (χ0) is 25.9. The van der Waals surface area contributed by atoms with Gasteiger partial charge in [-0.25, -0.2) is 9.89 Å². The highest BCUT2D eigenvalue weighted by molar-refractivity contribution is 5.84. The van der Waals surface area contributed by atoms with Crippen LogP contribution >= 0.6 is 0 Å². The lowest BCUT2D eigenvalue weighted by molar-refractivity contribution is -0.121. The van der Waals surface area contributed by atoms with Crippen LogP contribution in [0.2, 0.25) is 0 Å². The van der Waals surface area contributed by atoms with Gasteiger partial charge in [-0.2, -0.15) is 5.26 Å². The van der Waals surface area contributed by atoms with Crippen molar-refractivity contribution in [2.45, 2.75) is 31.7 Å². The molecule has 1 fully saturated rings. The van der Waals surface area contributed by atoms with Crippen molar-refractivity contribution in [1.82, 2.24) is 15.1 Å². The standard InChI is InChI=1S/C30H34N6O/c31-23-36(30(32)34-27-15-13-26(14-16-27)25-11-5-2-6-12-25)28(21-24-9-3-1-4-10-24)22-29(37)33-17-20-35-18-7-8-19-35/h1-6,9-16,28H,7-8,17-22H2,(H2,32,34)(H,33,37). The molecule has 1 saturated heterocycles. The number of nitrogens with two attached hydrogens (primary N) is 1. The van der Waals surface area contributed by atoms with E-state index >= 15 is 0 Å². The average molecular weight is 495 g/mol. The van der Waals surface area contributed by atoms with Crippen LogP contribution in [0.25, 0.3) is 11.1 Å². The Balaban J connectivity index is 1.46. The quantitative estimate of drug-likeness (QED) is 0.190. The summed E-state index contributed by atoms with van der Waals surface area (Å²) in [5, 5.41) is 13.0. The van der Waals surface area contributed by atoms with E-state index < -0.39 is 6.04 Å². The van der Waals surface area contributed by atoms with E-state index in [0.717, 1.165) is 36.3 Å². The highest BCUT2D eigenvalue weighted by Crippen LogP contribution is 2.23. The molecule has 0 spiro atoms. The van der Waals surface area contributed by atoms with Gasteiger partial charge < -0.3 is 16.0 Å². The second-order valence-electron chi connectivity index (χ2n) is 9.30. The molecular weight excluding hydrogens is 460 g/mol. The summed E-state index contributed by atoms with van der Waals surface area (Å²) in [5.74, 6) is -0.0267. The van der Waals surface area contributed by atoms with E-state index in [4.69, 9.17) is 5.73 Å². The summed E-state index contributed by atoms with van der Waals surface area (Å²) in [7, 11) is 0. The molecule has 1 unspecified atom stereocenters. The van der Waals surface area contributed by atoms with Gasteiger partial charge >= 0.3 is 0 Å². The summed E-state index contributed by atoms with van der Waals surface area (Å²) in [4.78, 5) is 21.1. The maximum atomic E-state index is 12.8. The number of rotatable bonds is 10. The van der Waals surface area contributed by atoms with Gasteiger partial charge in [0.05, 0.1) is 11.7 Å². The SMILES string of the molecule is N#CN(C(N)=Nc1ccc(-c2ccccc2)cc1)C(CC(=O)NCCN1CCCC1)Cc1ccccc1. The summed E-state index contributed by atoms with van der Waals surface area (Å²) in [5.41, 5.74) is 10.2. The first-order chi connectivity index (χ1) is 18.1. The Morgan fingerprint density at radius 3 is 2.24 bits per heavy atom. The number of nitriles is 1. The van der Waals surface area contributed by atoms with Crippen LogP contribution < -0.4 is 11.1 Å². The number of benzene rings is 3. The molecule has 0 aromatic heterocycles. The van der Waals surface area contributed by atoms with Gasteiger partial charge in [0.15, 0.2) is 6.19 Å². The number of hydrogen-bond acceptors (Lipinski definition) is 4. The number of aliphatic imine (C=N–C) groups is 1. The smallest absolute Gasteiger partial charge is 0.222 e. The number of nitrogens with zero attached hydrogens (tertiary/aromatic N) is 4. The predicted octanol–water partition coefficient (Wildman–Crippen LogP) is 4.30. The Bertz CT molecular complexity index is 1200. The first-order valence-electron chi connectivity index (χ1n) is 12.8. The fourth-order valence-corrected chi connectivity index (χ4v) is 4.65. The topological polar surface area (TPSA) is 97.7 Å². The van der Waals surface area contributed by atoms with Gasteiger partial charge in [0.25, 0.3) is 0 Å². The first-order valence-corrected chi connectivity index (χ1v) is 12.8. The number of hydrogen-bond donors (Lipinski definition) is 2. The van der Waals surface area contributed by atoms with Crippen molar-refractivity contribution >= 4 is 17.6 Å². The number of carbonyl (C=O) groups excluding carboxylic acids is 1. The molecule has 1 aliphatic heterocycles. The molecule has 1 heterocycles. The lowest BCUT2D eigenvalue weighted by Gasteiger charge is -2.26. The zero-order valence-electron chi connectivity index (χ0n) is 21.1. The summed E-state index contributed by atoms with van der Waals surface area (Å²) in [6, 6.07) is 27.2. The summed E-state index contributed by atoms with van der Waals surface area (Å²) in [6.07, 6.45) is 5.26. The molecule has 1 amide bonds. The Hall–Kier alpha value is -4.15. The molecule has 4 rings (SSSR count). The molecule has 37 heavy (non-hydrogen) atoms. The third kappa shape index (κ3) is 7.66. The lowest BCUT2D eigenvalue weighted by Crippen LogP contribution is -2.45. The fraction of sp³-hybridized carbons (Fsp3) is 0.300. The number of guanidine groups is 1. The van der Waals surface area contributed by atoms with E-state index in [0.29, 0.717) is 18.7 Å². The fourth-order valence-electron chi connectivity index (χ4n) is 4.65. The molecule has 3 N–H and O–H groups in total. The van der Waals surface area contributed by atoms with Crippen LogP contribution in [0.3, 0.4) is 0 Å². The molecule has 3 aromatic carbocycles. The van der Waals surface area contributed by atoms with Gasteiger partial charge in [-0.1, -0.05) is 72.8 Å². The van der Waals surface area contributed by atoms with Crippen LogP contribution in [-0.4, -0.2) is 53.9 Å². The zero-order valence-corrected chi connectivity index (χ0v) is 21.1. The van der Waals surface area contributed by atoms with Crippen molar-refractivity contribution in [3.8, 4) is 17.3 Å². The van der Waals surface area contributed by atoms with E-state index in [1.807, 2.05) is 72.8 Å². The van der Waals surface area contributed by atoms with Crippen molar-refractivity contribution in [2.24, 2.45) is 10.7 Å². The highest BCUT2D eigenvalue weighted by Gasteiger charge is 2.24. The summed E-state index contributed by atoms with van der Waals surface area (Å²) in [6.45, 7) is 3.63. The van der Waals surface area contributed by atoms with Gasteiger partial charge in [-0.15, -0.1) is 0 Å². The molecule has 0 bridgehead atoms. The number of amides is 1. The second-order valence-corrected chi connectivity index (χ2v) is 9.30. The van der Waals surface area contributed by atoms with Crippen molar-refractivity contribution in [3.63, 3.8) is 0 Å². The second kappa shape index (κ2) is 13.2. The molecule has 7 nitrogen and oxygen atoms in total. The maximum absolute atomic E-state index is 12.8. The molecule has 3 aromatic rings. The highest BCUT2D eigenvalue weighted by atomic mass is 16.1. The van der Waals surface area contributed by atoms with E-state index in [1.165, 1.54) is 17.7 Å². The minimum Gasteiger partial charge on any atom is -0.369 e. The third-order valence-electron chi connectivity index (χ3n) is 6.62. The Labute approximate surface area is 219 Å². The molecule has 0 aliphatic carbocycles. The van der Waals surface area contributed by atoms with Gasteiger partial charge in [0.1, 0.15) is 0 Å². The molecule has 0 radical (unpaired) electrons. The Morgan fingerprint density at radius 1 is 0.973 bits per heavy atom. The van der Waals surface area contributed by atoms with Gasteiger partial charge in [0, 0.05) is 19.5 Å². The van der Waals surface area contributed by atoms with Crippen LogP contribution in [0.1, 0.15) is 24.8 Å². The molecular formula is C30H34N6O. The molecule has 1 atom stereocenters. The van der Waals surface area contributed by atoms with Gasteiger partial charge in [0.2, 0.25) is 11.9 Å². The van der Waals surface area contributed by atoms with E-state index in [2.05, 4.69) is 33.5 Å². The van der Waals surface area contributed by atoms with Crippen molar-refractivity contribution < 1.29 is 4.79 Å². The van der Waals surface area contributed by atoms with Crippen LogP contribution in [0.5, 0.6) is 0 Å². The largest absolute Gasteiger partial charge is 0.369 e. The third-order valence-corrected chi connectivity index (χ3v) is 6.62. The molecule has 1 aliphatic rings.